The number of rotatable bonds is 7. The summed E-state index contributed by atoms with van der Waals surface area (Å²) in [5.41, 5.74) is 18.2. The van der Waals surface area contributed by atoms with Crippen molar-refractivity contribution in [3.8, 4) is 55.6 Å². The monoisotopic (exact) mass is 663 g/mol. The Hall–Kier alpha value is -6.62. The molecule has 0 bridgehead atoms. The van der Waals surface area contributed by atoms with Crippen molar-refractivity contribution in [2.45, 2.75) is 19.3 Å². The molecule has 0 aliphatic heterocycles. The summed E-state index contributed by atoms with van der Waals surface area (Å²) in [5, 5.41) is 0. The van der Waals surface area contributed by atoms with E-state index in [0.717, 1.165) is 17.1 Å². The van der Waals surface area contributed by atoms with Gasteiger partial charge in [-0.15, -0.1) is 0 Å². The normalized spacial score (nSPS) is 12.4. The largest absolute Gasteiger partial charge is 0.310 e. The van der Waals surface area contributed by atoms with Gasteiger partial charge in [0, 0.05) is 22.9 Å². The first kappa shape index (κ1) is 31.4. The van der Waals surface area contributed by atoms with Gasteiger partial charge in [-0.1, -0.05) is 166 Å². The van der Waals surface area contributed by atoms with E-state index in [2.05, 4.69) is 207 Å². The molecule has 1 nitrogen and oxygen atoms in total. The van der Waals surface area contributed by atoms with Crippen LogP contribution < -0.4 is 4.90 Å². The van der Waals surface area contributed by atoms with Crippen molar-refractivity contribution in [3.63, 3.8) is 0 Å². The van der Waals surface area contributed by atoms with Crippen LogP contribution in [0, 0.1) is 12.1 Å². The van der Waals surface area contributed by atoms with E-state index in [1.54, 1.807) is 0 Å². The summed E-state index contributed by atoms with van der Waals surface area (Å²) in [5.74, 6) is 0. The Kier molecular flexibility index (Phi) is 7.80. The topological polar surface area (TPSA) is 3.24 Å². The third kappa shape index (κ3) is 5.56. The number of nitrogens with zero attached hydrogens (tertiary/aromatic N) is 1. The van der Waals surface area contributed by atoms with Gasteiger partial charge in [-0.3, -0.25) is 0 Å². The highest BCUT2D eigenvalue weighted by atomic mass is 15.1. The third-order valence-corrected chi connectivity index (χ3v) is 10.6. The van der Waals surface area contributed by atoms with E-state index in [1.165, 1.54) is 66.8 Å². The van der Waals surface area contributed by atoms with Crippen LogP contribution in [0.2, 0.25) is 0 Å². The standard InChI is InChI=1S/C51H37N/c1-51(2)49-21-13-12-20-46(49)47-33-31-44(35-50(47)51)52(42-18-10-5-11-19-42)43-29-26-38(27-30-43)37-22-24-40(25-23-37)48-34-41(36-14-6-3-7-15-36)28-32-45(48)39-16-8-4-9-17-39/h3-4,6-10,12-35H,1-2H3. The predicted octanol–water partition coefficient (Wildman–Crippen LogP) is 13.7. The van der Waals surface area contributed by atoms with Crippen LogP contribution in [0.15, 0.2) is 188 Å². The summed E-state index contributed by atoms with van der Waals surface area (Å²) in [6, 6.07) is 74.0. The lowest BCUT2D eigenvalue weighted by Crippen LogP contribution is -2.16. The minimum atomic E-state index is -0.0784. The number of benzene rings is 7. The minimum absolute atomic E-state index is 0.0784. The Labute approximate surface area is 307 Å². The molecule has 0 atom stereocenters. The second-order valence-electron chi connectivity index (χ2n) is 14.0. The number of hydrogen-bond acceptors (Lipinski definition) is 1. The molecule has 8 aromatic carbocycles. The van der Waals surface area contributed by atoms with Crippen molar-refractivity contribution in [2.24, 2.45) is 0 Å². The highest BCUT2D eigenvalue weighted by Crippen LogP contribution is 2.50. The van der Waals surface area contributed by atoms with Gasteiger partial charge in [0.25, 0.3) is 0 Å². The molecule has 0 amide bonds. The van der Waals surface area contributed by atoms with E-state index in [9.17, 15) is 0 Å². The predicted molar refractivity (Wildman–Crippen MR) is 218 cm³/mol. The van der Waals surface area contributed by atoms with Gasteiger partial charge in [-0.2, -0.15) is 0 Å². The Morgan fingerprint density at radius 2 is 0.904 bits per heavy atom. The molecule has 0 N–H and O–H groups in total. The SMILES string of the molecule is CC1(C)c2ccccc2-c2ccc(N(c3cc#ccc3)c3ccc(-c4ccc(-c5cc(-c6ccccc6)ccc5-c5ccccc5)cc4)cc3)cc21. The van der Waals surface area contributed by atoms with Crippen molar-refractivity contribution in [1.82, 2.24) is 0 Å². The van der Waals surface area contributed by atoms with Gasteiger partial charge < -0.3 is 4.90 Å². The molecule has 0 spiro atoms. The van der Waals surface area contributed by atoms with Crippen LogP contribution in [0.1, 0.15) is 25.0 Å². The molecular formula is C51H37N. The maximum atomic E-state index is 3.18. The molecule has 0 saturated carbocycles. The van der Waals surface area contributed by atoms with Gasteiger partial charge in [0.2, 0.25) is 0 Å². The average Bonchev–Trinajstić information content (AvgIpc) is 3.44. The van der Waals surface area contributed by atoms with Crippen LogP contribution in [0.25, 0.3) is 55.6 Å². The fourth-order valence-electron chi connectivity index (χ4n) is 7.86. The zero-order chi connectivity index (χ0) is 35.1. The average molecular weight is 664 g/mol. The first-order valence-corrected chi connectivity index (χ1v) is 17.9. The summed E-state index contributed by atoms with van der Waals surface area (Å²) in [7, 11) is 0. The van der Waals surface area contributed by atoms with E-state index in [4.69, 9.17) is 0 Å². The van der Waals surface area contributed by atoms with Gasteiger partial charge in [-0.25, -0.2) is 0 Å². The van der Waals surface area contributed by atoms with E-state index in [0.29, 0.717) is 0 Å². The highest BCUT2D eigenvalue weighted by Gasteiger charge is 2.35. The molecule has 52 heavy (non-hydrogen) atoms. The minimum Gasteiger partial charge on any atom is -0.310 e. The summed E-state index contributed by atoms with van der Waals surface area (Å²) < 4.78 is 0. The van der Waals surface area contributed by atoms with E-state index in [1.807, 2.05) is 12.1 Å². The molecular weight excluding hydrogens is 627 g/mol. The van der Waals surface area contributed by atoms with Crippen LogP contribution >= 0.6 is 0 Å². The zero-order valence-electron chi connectivity index (χ0n) is 29.3. The molecule has 0 radical (unpaired) electrons. The summed E-state index contributed by atoms with van der Waals surface area (Å²) in [6.45, 7) is 4.67. The first-order valence-electron chi connectivity index (χ1n) is 17.9. The molecule has 1 aliphatic carbocycles. The molecule has 0 fully saturated rings. The summed E-state index contributed by atoms with van der Waals surface area (Å²) in [4.78, 5) is 2.32. The Morgan fingerprint density at radius 1 is 0.365 bits per heavy atom. The van der Waals surface area contributed by atoms with Gasteiger partial charge >= 0.3 is 0 Å². The smallest absolute Gasteiger partial charge is 0.0551 e. The molecule has 8 aromatic rings. The van der Waals surface area contributed by atoms with E-state index in [-0.39, 0.29) is 5.41 Å². The van der Waals surface area contributed by atoms with E-state index >= 15 is 0 Å². The van der Waals surface area contributed by atoms with Crippen molar-refractivity contribution in [3.05, 3.63) is 211 Å². The maximum absolute atomic E-state index is 3.18. The van der Waals surface area contributed by atoms with Gasteiger partial charge in [-0.05, 0) is 109 Å². The molecule has 0 aromatic heterocycles. The summed E-state index contributed by atoms with van der Waals surface area (Å²) in [6.07, 6.45) is 0. The Morgan fingerprint density at radius 3 is 1.62 bits per heavy atom. The molecule has 1 heteroatoms. The number of fused-ring (bicyclic) bond motifs is 3. The quantitative estimate of drug-likeness (QED) is 0.164. The Bertz CT molecular complexity index is 2500. The van der Waals surface area contributed by atoms with Gasteiger partial charge in [0.1, 0.15) is 0 Å². The number of hydrogen-bond donors (Lipinski definition) is 0. The van der Waals surface area contributed by atoms with Crippen molar-refractivity contribution >= 4 is 17.1 Å². The lowest BCUT2D eigenvalue weighted by atomic mass is 9.82. The Balaban J connectivity index is 1.06. The molecule has 9 rings (SSSR count). The second kappa shape index (κ2) is 12.9. The van der Waals surface area contributed by atoms with E-state index < -0.39 is 0 Å². The van der Waals surface area contributed by atoms with Crippen molar-refractivity contribution in [1.29, 1.82) is 0 Å². The fraction of sp³-hybridized carbons (Fsp3) is 0.0588. The highest BCUT2D eigenvalue weighted by molar-refractivity contribution is 5.89. The van der Waals surface area contributed by atoms with Crippen molar-refractivity contribution < 1.29 is 0 Å². The van der Waals surface area contributed by atoms with Crippen LogP contribution in [-0.4, -0.2) is 0 Å². The lowest BCUT2D eigenvalue weighted by Gasteiger charge is -2.28. The van der Waals surface area contributed by atoms with Crippen LogP contribution in [0.3, 0.4) is 0 Å². The molecule has 1 aliphatic rings. The number of anilines is 3. The molecule has 246 valence electrons. The third-order valence-electron chi connectivity index (χ3n) is 10.6. The lowest BCUT2D eigenvalue weighted by molar-refractivity contribution is 0.660. The molecule has 0 heterocycles. The first-order chi connectivity index (χ1) is 25.5. The van der Waals surface area contributed by atoms with Gasteiger partial charge in [0.05, 0.1) is 5.69 Å². The second-order valence-corrected chi connectivity index (χ2v) is 14.0. The van der Waals surface area contributed by atoms with Crippen LogP contribution in [0.5, 0.6) is 0 Å². The fourth-order valence-corrected chi connectivity index (χ4v) is 7.86. The van der Waals surface area contributed by atoms with Crippen LogP contribution in [0.4, 0.5) is 17.1 Å². The maximum Gasteiger partial charge on any atom is 0.0551 e. The molecule has 0 saturated heterocycles. The van der Waals surface area contributed by atoms with Gasteiger partial charge in [0.15, 0.2) is 0 Å². The van der Waals surface area contributed by atoms with Crippen molar-refractivity contribution in [2.75, 3.05) is 4.90 Å². The summed E-state index contributed by atoms with van der Waals surface area (Å²) >= 11 is 0. The molecule has 0 unspecified atom stereocenters. The van der Waals surface area contributed by atoms with Crippen LogP contribution in [-0.2, 0) is 5.41 Å². The zero-order valence-corrected chi connectivity index (χ0v) is 29.3.